The lowest BCUT2D eigenvalue weighted by atomic mass is 10.1. The molecule has 1 atom stereocenters. The summed E-state index contributed by atoms with van der Waals surface area (Å²) in [5, 5.41) is 14.0. The minimum Gasteiger partial charge on any atom is -0.476 e. The Morgan fingerprint density at radius 1 is 1.33 bits per heavy atom. The first-order chi connectivity index (χ1) is 10.1. The van der Waals surface area contributed by atoms with Crippen LogP contribution in [0.4, 0.5) is 11.4 Å². The molecule has 1 aromatic carbocycles. The second kappa shape index (κ2) is 6.69. The van der Waals surface area contributed by atoms with Gasteiger partial charge in [-0.05, 0) is 31.5 Å². The molecule has 2 aromatic rings. The molecule has 0 fully saturated rings. The molecule has 110 valence electrons. The Kier molecular flexibility index (Phi) is 4.71. The lowest BCUT2D eigenvalue weighted by Crippen LogP contribution is -2.09. The van der Waals surface area contributed by atoms with Crippen LogP contribution in [0.3, 0.4) is 0 Å². The molecule has 0 saturated heterocycles. The Hall–Kier alpha value is -2.63. The van der Waals surface area contributed by atoms with Gasteiger partial charge in [0.2, 0.25) is 5.88 Å². The van der Waals surface area contributed by atoms with Crippen LogP contribution in [0.2, 0.25) is 0 Å². The Morgan fingerprint density at radius 3 is 2.67 bits per heavy atom. The zero-order valence-corrected chi connectivity index (χ0v) is 11.9. The third-order valence-electron chi connectivity index (χ3n) is 3.03. The number of anilines is 1. The van der Waals surface area contributed by atoms with Crippen molar-refractivity contribution in [1.82, 2.24) is 4.98 Å². The lowest BCUT2D eigenvalue weighted by molar-refractivity contribution is -0.384. The number of nitro groups is 1. The maximum Gasteiger partial charge on any atom is 0.269 e. The third kappa shape index (κ3) is 3.68. The predicted molar refractivity (Wildman–Crippen MR) is 80.5 cm³/mol. The van der Waals surface area contributed by atoms with Crippen molar-refractivity contribution in [3.8, 4) is 5.88 Å². The number of nitro benzene ring substituents is 1. The molecule has 21 heavy (non-hydrogen) atoms. The lowest BCUT2D eigenvalue weighted by Gasteiger charge is -2.17. The number of hydrogen-bond acceptors (Lipinski definition) is 5. The van der Waals surface area contributed by atoms with Crippen LogP contribution in [0.1, 0.15) is 25.5 Å². The number of hydrogen-bond donors (Lipinski definition) is 1. The maximum absolute atomic E-state index is 10.7. The summed E-state index contributed by atoms with van der Waals surface area (Å²) in [6.45, 7) is 4.42. The van der Waals surface area contributed by atoms with Crippen molar-refractivity contribution in [3.05, 3.63) is 58.3 Å². The average Bonchev–Trinajstić information content (AvgIpc) is 2.49. The highest BCUT2D eigenvalue weighted by Gasteiger charge is 2.11. The highest BCUT2D eigenvalue weighted by Crippen LogP contribution is 2.26. The van der Waals surface area contributed by atoms with Crippen LogP contribution in [-0.2, 0) is 0 Å². The van der Waals surface area contributed by atoms with Gasteiger partial charge in [0.25, 0.3) is 5.69 Å². The average molecular weight is 287 g/mol. The van der Waals surface area contributed by atoms with E-state index < -0.39 is 4.92 Å². The summed E-state index contributed by atoms with van der Waals surface area (Å²) < 4.78 is 5.46. The first kappa shape index (κ1) is 14.8. The van der Waals surface area contributed by atoms with Crippen molar-refractivity contribution in [2.45, 2.75) is 19.9 Å². The van der Waals surface area contributed by atoms with Crippen molar-refractivity contribution >= 4 is 11.4 Å². The van der Waals surface area contributed by atoms with Gasteiger partial charge in [0.1, 0.15) is 0 Å². The SMILES string of the molecule is CCOc1ncccc1NC(C)c1ccc([N+](=O)[O-])cc1. The molecular formula is C15H17N3O3. The Morgan fingerprint density at radius 2 is 2.05 bits per heavy atom. The van der Waals surface area contributed by atoms with Gasteiger partial charge in [-0.1, -0.05) is 12.1 Å². The van der Waals surface area contributed by atoms with Crippen molar-refractivity contribution < 1.29 is 9.66 Å². The molecule has 0 aliphatic rings. The fourth-order valence-corrected chi connectivity index (χ4v) is 1.95. The van der Waals surface area contributed by atoms with E-state index in [4.69, 9.17) is 4.74 Å². The second-order valence-electron chi connectivity index (χ2n) is 4.50. The van der Waals surface area contributed by atoms with Gasteiger partial charge < -0.3 is 10.1 Å². The molecule has 1 heterocycles. The fourth-order valence-electron chi connectivity index (χ4n) is 1.95. The summed E-state index contributed by atoms with van der Waals surface area (Å²) in [4.78, 5) is 14.4. The van der Waals surface area contributed by atoms with E-state index in [1.165, 1.54) is 12.1 Å². The van der Waals surface area contributed by atoms with Crippen LogP contribution in [0.15, 0.2) is 42.6 Å². The van der Waals surface area contributed by atoms with E-state index in [9.17, 15) is 10.1 Å². The fraction of sp³-hybridized carbons (Fsp3) is 0.267. The summed E-state index contributed by atoms with van der Waals surface area (Å²) in [5.74, 6) is 0.550. The Labute approximate surface area is 122 Å². The van der Waals surface area contributed by atoms with E-state index in [0.29, 0.717) is 12.5 Å². The zero-order valence-electron chi connectivity index (χ0n) is 11.9. The van der Waals surface area contributed by atoms with Crippen molar-refractivity contribution in [2.24, 2.45) is 0 Å². The van der Waals surface area contributed by atoms with Gasteiger partial charge in [-0.15, -0.1) is 0 Å². The highest BCUT2D eigenvalue weighted by atomic mass is 16.6. The molecule has 0 bridgehead atoms. The number of ether oxygens (including phenoxy) is 1. The van der Waals surface area contributed by atoms with Gasteiger partial charge in [0.05, 0.1) is 17.2 Å². The molecule has 0 aliphatic heterocycles. The van der Waals surface area contributed by atoms with Crippen molar-refractivity contribution in [1.29, 1.82) is 0 Å². The Bertz CT molecular complexity index is 614. The zero-order chi connectivity index (χ0) is 15.2. The van der Waals surface area contributed by atoms with Gasteiger partial charge in [-0.3, -0.25) is 10.1 Å². The topological polar surface area (TPSA) is 77.3 Å². The molecule has 0 saturated carbocycles. The molecule has 0 radical (unpaired) electrons. The third-order valence-corrected chi connectivity index (χ3v) is 3.03. The van der Waals surface area contributed by atoms with Crippen LogP contribution in [-0.4, -0.2) is 16.5 Å². The van der Waals surface area contributed by atoms with Crippen LogP contribution >= 0.6 is 0 Å². The first-order valence-electron chi connectivity index (χ1n) is 6.70. The van der Waals surface area contributed by atoms with Crippen LogP contribution < -0.4 is 10.1 Å². The molecule has 1 aromatic heterocycles. The van der Waals surface area contributed by atoms with Gasteiger partial charge in [0.15, 0.2) is 0 Å². The molecule has 0 spiro atoms. The molecule has 0 aliphatic carbocycles. The van der Waals surface area contributed by atoms with Gasteiger partial charge in [0, 0.05) is 24.4 Å². The molecule has 6 heteroatoms. The standard InChI is InChI=1S/C15H17N3O3/c1-3-21-15-14(5-4-10-16-15)17-11(2)12-6-8-13(9-7-12)18(19)20/h4-11,17H,3H2,1-2H3. The van der Waals surface area contributed by atoms with E-state index in [1.807, 2.05) is 26.0 Å². The predicted octanol–water partition coefficient (Wildman–Crippen LogP) is 3.56. The van der Waals surface area contributed by atoms with Crippen LogP contribution in [0, 0.1) is 10.1 Å². The first-order valence-corrected chi connectivity index (χ1v) is 6.70. The summed E-state index contributed by atoms with van der Waals surface area (Å²) in [7, 11) is 0. The molecule has 2 rings (SSSR count). The molecule has 6 nitrogen and oxygen atoms in total. The van der Waals surface area contributed by atoms with Gasteiger partial charge >= 0.3 is 0 Å². The van der Waals surface area contributed by atoms with Gasteiger partial charge in [-0.25, -0.2) is 4.98 Å². The second-order valence-corrected chi connectivity index (χ2v) is 4.50. The number of nitrogens with one attached hydrogen (secondary N) is 1. The number of rotatable bonds is 6. The number of pyridine rings is 1. The maximum atomic E-state index is 10.7. The van der Waals surface area contributed by atoms with Crippen molar-refractivity contribution in [3.63, 3.8) is 0 Å². The van der Waals surface area contributed by atoms with E-state index >= 15 is 0 Å². The monoisotopic (exact) mass is 287 g/mol. The van der Waals surface area contributed by atoms with E-state index in [-0.39, 0.29) is 11.7 Å². The smallest absolute Gasteiger partial charge is 0.269 e. The van der Waals surface area contributed by atoms with E-state index in [1.54, 1.807) is 18.3 Å². The van der Waals surface area contributed by atoms with Crippen LogP contribution in [0.25, 0.3) is 0 Å². The minimum atomic E-state index is -0.407. The van der Waals surface area contributed by atoms with Crippen molar-refractivity contribution in [2.75, 3.05) is 11.9 Å². The summed E-state index contributed by atoms with van der Waals surface area (Å²) in [6.07, 6.45) is 1.67. The summed E-state index contributed by atoms with van der Waals surface area (Å²) in [6, 6.07) is 10.2. The molecule has 0 amide bonds. The largest absolute Gasteiger partial charge is 0.476 e. The minimum absolute atomic E-state index is 0.0192. The quantitative estimate of drug-likeness (QED) is 0.649. The molecule has 1 unspecified atom stereocenters. The number of nitrogens with zero attached hydrogens (tertiary/aromatic N) is 2. The molecule has 1 N–H and O–H groups in total. The van der Waals surface area contributed by atoms with E-state index in [0.717, 1.165) is 11.3 Å². The molecular weight excluding hydrogens is 270 g/mol. The summed E-state index contributed by atoms with van der Waals surface area (Å²) in [5.41, 5.74) is 1.83. The normalized spacial score (nSPS) is 11.7. The van der Waals surface area contributed by atoms with Crippen LogP contribution in [0.5, 0.6) is 5.88 Å². The Balaban J connectivity index is 2.14. The van der Waals surface area contributed by atoms with Gasteiger partial charge in [-0.2, -0.15) is 0 Å². The highest BCUT2D eigenvalue weighted by molar-refractivity contribution is 5.53. The summed E-state index contributed by atoms with van der Waals surface area (Å²) >= 11 is 0. The van der Waals surface area contributed by atoms with E-state index in [2.05, 4.69) is 10.3 Å². The number of aromatic nitrogens is 1. The number of non-ortho nitro benzene ring substituents is 1. The number of benzene rings is 1.